The normalized spacial score (nSPS) is 10.6. The van der Waals surface area contributed by atoms with Crippen LogP contribution in [0.1, 0.15) is 30.9 Å². The van der Waals surface area contributed by atoms with Crippen LogP contribution < -0.4 is 4.74 Å². The van der Waals surface area contributed by atoms with Crippen LogP contribution in [0.5, 0.6) is 5.75 Å². The molecule has 2 rings (SSSR count). The molecular formula is C21H23NO3. The van der Waals surface area contributed by atoms with E-state index in [1.165, 1.54) is 18.4 Å². The topological polar surface area (TPSA) is 47.9 Å². The second-order valence-electron chi connectivity index (χ2n) is 5.53. The third-order valence-corrected chi connectivity index (χ3v) is 3.59. The van der Waals surface area contributed by atoms with Gasteiger partial charge in [0.05, 0.1) is 5.69 Å². The van der Waals surface area contributed by atoms with E-state index < -0.39 is 5.97 Å². The monoisotopic (exact) mass is 337 g/mol. The molecule has 4 heteroatoms. The molecule has 0 N–H and O–H groups in total. The first-order valence-electron chi connectivity index (χ1n) is 8.36. The van der Waals surface area contributed by atoms with Crippen LogP contribution in [-0.4, -0.2) is 19.0 Å². The van der Waals surface area contributed by atoms with Gasteiger partial charge in [-0.05, 0) is 60.4 Å². The Balaban J connectivity index is 1.86. The minimum Gasteiger partial charge on any atom is -0.457 e. The van der Waals surface area contributed by atoms with Gasteiger partial charge in [-0.25, -0.2) is 4.79 Å². The van der Waals surface area contributed by atoms with Crippen molar-refractivity contribution in [3.8, 4) is 5.75 Å². The Labute approximate surface area is 148 Å². The maximum absolute atomic E-state index is 10.9. The number of rotatable bonds is 9. The van der Waals surface area contributed by atoms with Crippen LogP contribution in [0, 0.1) is 0 Å². The molecule has 0 fully saturated rings. The zero-order valence-corrected chi connectivity index (χ0v) is 14.5. The van der Waals surface area contributed by atoms with Gasteiger partial charge < -0.3 is 9.47 Å². The zero-order chi connectivity index (χ0) is 17.9. The number of carbonyl (C=O) groups excluding carboxylic acids is 1. The molecule has 2 aromatic rings. The van der Waals surface area contributed by atoms with Crippen molar-refractivity contribution in [1.29, 1.82) is 0 Å². The number of ether oxygens (including phenoxy) is 2. The number of hydrogen-bond acceptors (Lipinski definition) is 4. The van der Waals surface area contributed by atoms with Crippen LogP contribution in [-0.2, 0) is 16.0 Å². The summed E-state index contributed by atoms with van der Waals surface area (Å²) in [4.78, 5) is 15.4. The van der Waals surface area contributed by atoms with E-state index in [0.717, 1.165) is 23.7 Å². The lowest BCUT2D eigenvalue weighted by Gasteiger charge is -2.05. The highest BCUT2D eigenvalue weighted by molar-refractivity contribution is 5.82. The summed E-state index contributed by atoms with van der Waals surface area (Å²) in [5.74, 6) is 0.110. The van der Waals surface area contributed by atoms with Crippen LogP contribution >= 0.6 is 0 Å². The Morgan fingerprint density at radius 1 is 1.12 bits per heavy atom. The summed E-state index contributed by atoms with van der Waals surface area (Å²) in [6.07, 6.45) is 6.44. The van der Waals surface area contributed by atoms with Gasteiger partial charge in [-0.3, -0.25) is 4.99 Å². The molecule has 0 atom stereocenters. The molecule has 130 valence electrons. The predicted octanol–water partition coefficient (Wildman–Crippen LogP) is 4.85. The minimum absolute atomic E-state index is 0.136. The third kappa shape index (κ3) is 6.63. The summed E-state index contributed by atoms with van der Waals surface area (Å²) in [6.45, 7) is 5.38. The average molecular weight is 337 g/mol. The van der Waals surface area contributed by atoms with Gasteiger partial charge in [-0.1, -0.05) is 32.1 Å². The van der Waals surface area contributed by atoms with Crippen molar-refractivity contribution in [2.45, 2.75) is 26.2 Å². The first-order chi connectivity index (χ1) is 12.2. The van der Waals surface area contributed by atoms with Gasteiger partial charge in [0.15, 0.2) is 0 Å². The molecule has 0 aliphatic heterocycles. The van der Waals surface area contributed by atoms with Gasteiger partial charge in [0, 0.05) is 12.3 Å². The number of aryl methyl sites for hydroxylation is 1. The van der Waals surface area contributed by atoms with E-state index in [1.54, 1.807) is 12.1 Å². The Morgan fingerprint density at radius 2 is 1.84 bits per heavy atom. The number of benzene rings is 2. The van der Waals surface area contributed by atoms with Crippen molar-refractivity contribution in [3.05, 3.63) is 72.3 Å². The van der Waals surface area contributed by atoms with Crippen molar-refractivity contribution in [2.75, 3.05) is 6.79 Å². The summed E-state index contributed by atoms with van der Waals surface area (Å²) in [5, 5.41) is 0. The number of nitrogens with zero attached hydrogens (tertiary/aromatic N) is 1. The maximum atomic E-state index is 10.9. The summed E-state index contributed by atoms with van der Waals surface area (Å²) >= 11 is 0. The minimum atomic E-state index is -0.510. The smallest absolute Gasteiger partial charge is 0.333 e. The molecule has 0 heterocycles. The van der Waals surface area contributed by atoms with Gasteiger partial charge >= 0.3 is 5.97 Å². The van der Waals surface area contributed by atoms with Crippen LogP contribution in [0.3, 0.4) is 0 Å². The lowest BCUT2D eigenvalue weighted by atomic mass is 10.1. The van der Waals surface area contributed by atoms with E-state index in [1.807, 2.05) is 30.5 Å². The highest BCUT2D eigenvalue weighted by Gasteiger charge is 1.98. The standard InChI is InChI=1S/C21H23NO3/c1-3-5-6-17-7-11-19(12-8-17)22-15-18-9-13-20(14-10-18)24-16-25-21(23)4-2/h4,7-15H,2-3,5-6,16H2,1H3. The highest BCUT2D eigenvalue weighted by Crippen LogP contribution is 2.16. The summed E-state index contributed by atoms with van der Waals surface area (Å²) < 4.78 is 10.1. The van der Waals surface area contributed by atoms with Crippen molar-refractivity contribution in [3.63, 3.8) is 0 Å². The van der Waals surface area contributed by atoms with Gasteiger partial charge in [0.25, 0.3) is 0 Å². The van der Waals surface area contributed by atoms with E-state index in [4.69, 9.17) is 9.47 Å². The molecule has 0 saturated heterocycles. The fourth-order valence-electron chi connectivity index (χ4n) is 2.14. The van der Waals surface area contributed by atoms with Crippen LogP contribution in [0.15, 0.2) is 66.2 Å². The van der Waals surface area contributed by atoms with Crippen molar-refractivity contribution >= 4 is 17.9 Å². The molecule has 0 spiro atoms. The first-order valence-corrected chi connectivity index (χ1v) is 8.36. The molecule has 25 heavy (non-hydrogen) atoms. The van der Waals surface area contributed by atoms with Gasteiger partial charge in [0.2, 0.25) is 6.79 Å². The Kier molecular flexibility index (Phi) is 7.44. The number of hydrogen-bond donors (Lipinski definition) is 0. The summed E-state index contributed by atoms with van der Waals surface area (Å²) in [7, 11) is 0. The SMILES string of the molecule is C=CC(=O)OCOc1ccc(C=Nc2ccc(CCCC)cc2)cc1. The molecule has 0 saturated carbocycles. The Bertz CT molecular complexity index is 703. The summed E-state index contributed by atoms with van der Waals surface area (Å²) in [6, 6.07) is 15.7. The second-order valence-corrected chi connectivity index (χ2v) is 5.53. The van der Waals surface area contributed by atoms with Crippen molar-refractivity contribution in [2.24, 2.45) is 4.99 Å². The van der Waals surface area contributed by atoms with Crippen LogP contribution in [0.4, 0.5) is 5.69 Å². The quantitative estimate of drug-likeness (QED) is 0.284. The van der Waals surface area contributed by atoms with Gasteiger partial charge in [-0.15, -0.1) is 0 Å². The van der Waals surface area contributed by atoms with E-state index in [2.05, 4.69) is 30.6 Å². The molecule has 0 amide bonds. The predicted molar refractivity (Wildman–Crippen MR) is 101 cm³/mol. The van der Waals surface area contributed by atoms with E-state index >= 15 is 0 Å². The second kappa shape index (κ2) is 10.1. The van der Waals surface area contributed by atoms with Crippen LogP contribution in [0.25, 0.3) is 0 Å². The van der Waals surface area contributed by atoms with Gasteiger partial charge in [-0.2, -0.15) is 0 Å². The average Bonchev–Trinajstić information content (AvgIpc) is 2.66. The molecule has 2 aromatic carbocycles. The van der Waals surface area contributed by atoms with E-state index in [-0.39, 0.29) is 6.79 Å². The van der Waals surface area contributed by atoms with Crippen LogP contribution in [0.2, 0.25) is 0 Å². The number of esters is 1. The summed E-state index contributed by atoms with van der Waals surface area (Å²) in [5.41, 5.74) is 3.24. The fraction of sp³-hybridized carbons (Fsp3) is 0.238. The largest absolute Gasteiger partial charge is 0.457 e. The van der Waals surface area contributed by atoms with E-state index in [9.17, 15) is 4.79 Å². The molecule has 0 aliphatic carbocycles. The van der Waals surface area contributed by atoms with Crippen molar-refractivity contribution < 1.29 is 14.3 Å². The molecule has 0 aromatic heterocycles. The lowest BCUT2D eigenvalue weighted by molar-refractivity contribution is -0.144. The zero-order valence-electron chi connectivity index (χ0n) is 14.5. The first kappa shape index (κ1) is 18.5. The highest BCUT2D eigenvalue weighted by atomic mass is 16.7. The molecule has 0 unspecified atom stereocenters. The van der Waals surface area contributed by atoms with Gasteiger partial charge in [0.1, 0.15) is 5.75 Å². The third-order valence-electron chi connectivity index (χ3n) is 3.59. The molecule has 0 bridgehead atoms. The van der Waals surface area contributed by atoms with Crippen molar-refractivity contribution in [1.82, 2.24) is 0 Å². The molecule has 4 nitrogen and oxygen atoms in total. The Morgan fingerprint density at radius 3 is 2.48 bits per heavy atom. The molecule has 0 aliphatic rings. The molecule has 0 radical (unpaired) electrons. The Hall–Kier alpha value is -2.88. The number of carbonyl (C=O) groups is 1. The van der Waals surface area contributed by atoms with E-state index in [0.29, 0.717) is 5.75 Å². The fourth-order valence-corrected chi connectivity index (χ4v) is 2.14. The maximum Gasteiger partial charge on any atom is 0.333 e. The number of aliphatic imine (C=N–C) groups is 1. The number of unbranched alkanes of at least 4 members (excludes halogenated alkanes) is 1. The lowest BCUT2D eigenvalue weighted by Crippen LogP contribution is -2.07. The molecular weight excluding hydrogens is 314 g/mol.